The number of likely N-dealkylation sites (N-methyl/N-ethyl adjacent to an activating group) is 1. The molecule has 1 atom stereocenters. The zero-order valence-corrected chi connectivity index (χ0v) is 10.8. The lowest BCUT2D eigenvalue weighted by Crippen LogP contribution is -2.49. The molecular weight excluding hydrogens is 228 g/mol. The van der Waals surface area contributed by atoms with Gasteiger partial charge in [-0.3, -0.25) is 4.79 Å². The predicted octanol–water partition coefficient (Wildman–Crippen LogP) is 0.676. The van der Waals surface area contributed by atoms with Crippen molar-refractivity contribution in [2.75, 3.05) is 33.4 Å². The highest BCUT2D eigenvalue weighted by atomic mass is 16.5. The van der Waals surface area contributed by atoms with Crippen molar-refractivity contribution in [1.29, 1.82) is 0 Å². The Balaban J connectivity index is 1.81. The van der Waals surface area contributed by atoms with Crippen molar-refractivity contribution in [2.24, 2.45) is 0 Å². The summed E-state index contributed by atoms with van der Waals surface area (Å²) in [6.07, 6.45) is 0.463. The molecule has 1 saturated heterocycles. The molecule has 4 heteroatoms. The Bertz CT molecular complexity index is 375. The van der Waals surface area contributed by atoms with Crippen molar-refractivity contribution in [3.05, 3.63) is 35.9 Å². The zero-order valence-electron chi connectivity index (χ0n) is 10.8. The van der Waals surface area contributed by atoms with E-state index in [0.29, 0.717) is 19.6 Å². The molecule has 1 N–H and O–H groups in total. The van der Waals surface area contributed by atoms with Crippen LogP contribution in [0.1, 0.15) is 5.56 Å². The van der Waals surface area contributed by atoms with Crippen LogP contribution in [0.25, 0.3) is 0 Å². The molecule has 1 aromatic rings. The molecule has 1 aliphatic rings. The third-order valence-corrected chi connectivity index (χ3v) is 3.12. The maximum absolute atomic E-state index is 12.0. The first kappa shape index (κ1) is 13.1. The zero-order chi connectivity index (χ0) is 12.8. The van der Waals surface area contributed by atoms with Gasteiger partial charge >= 0.3 is 0 Å². The molecule has 1 fully saturated rings. The lowest BCUT2D eigenvalue weighted by molar-refractivity contribution is -0.129. The van der Waals surface area contributed by atoms with Crippen LogP contribution in [0.3, 0.4) is 0 Å². The summed E-state index contributed by atoms with van der Waals surface area (Å²) in [7, 11) is 1.85. The molecule has 1 heterocycles. The monoisotopic (exact) mass is 248 g/mol. The molecule has 1 amide bonds. The number of morpholine rings is 1. The Morgan fingerprint density at radius 1 is 1.44 bits per heavy atom. The van der Waals surface area contributed by atoms with Gasteiger partial charge in [0.25, 0.3) is 0 Å². The van der Waals surface area contributed by atoms with E-state index in [9.17, 15) is 4.79 Å². The number of benzene rings is 1. The summed E-state index contributed by atoms with van der Waals surface area (Å²) in [6.45, 7) is 3.01. The van der Waals surface area contributed by atoms with E-state index in [2.05, 4.69) is 5.32 Å². The van der Waals surface area contributed by atoms with Gasteiger partial charge in [-0.25, -0.2) is 0 Å². The van der Waals surface area contributed by atoms with Crippen LogP contribution in [0.5, 0.6) is 0 Å². The Hall–Kier alpha value is -1.39. The highest BCUT2D eigenvalue weighted by Gasteiger charge is 2.18. The van der Waals surface area contributed by atoms with E-state index < -0.39 is 0 Å². The standard InChI is InChI=1S/C14H20N2O2/c1-16(10-13-11-18-8-7-15-13)14(17)9-12-5-3-2-4-6-12/h2-6,13,15H,7-11H2,1H3. The van der Waals surface area contributed by atoms with Crippen LogP contribution in [0.4, 0.5) is 0 Å². The highest BCUT2D eigenvalue weighted by molar-refractivity contribution is 5.78. The van der Waals surface area contributed by atoms with Crippen LogP contribution >= 0.6 is 0 Å². The summed E-state index contributed by atoms with van der Waals surface area (Å²) in [5, 5.41) is 3.35. The molecule has 0 radical (unpaired) electrons. The first-order chi connectivity index (χ1) is 8.75. The number of rotatable bonds is 4. The van der Waals surface area contributed by atoms with Crippen LogP contribution < -0.4 is 5.32 Å². The molecule has 1 aliphatic heterocycles. The van der Waals surface area contributed by atoms with Crippen molar-refractivity contribution in [3.8, 4) is 0 Å². The summed E-state index contributed by atoms with van der Waals surface area (Å²) in [4.78, 5) is 13.8. The number of amides is 1. The van der Waals surface area contributed by atoms with Crippen molar-refractivity contribution in [2.45, 2.75) is 12.5 Å². The van der Waals surface area contributed by atoms with Gasteiger partial charge in [-0.1, -0.05) is 30.3 Å². The predicted molar refractivity (Wildman–Crippen MR) is 70.4 cm³/mol. The highest BCUT2D eigenvalue weighted by Crippen LogP contribution is 2.03. The summed E-state index contributed by atoms with van der Waals surface area (Å²) in [6, 6.07) is 10.1. The van der Waals surface area contributed by atoms with Crippen LogP contribution in [0, 0.1) is 0 Å². The number of carbonyl (C=O) groups is 1. The first-order valence-electron chi connectivity index (χ1n) is 6.35. The average molecular weight is 248 g/mol. The van der Waals surface area contributed by atoms with E-state index in [4.69, 9.17) is 4.74 Å². The van der Waals surface area contributed by atoms with Crippen LogP contribution in [0.15, 0.2) is 30.3 Å². The SMILES string of the molecule is CN(CC1COCCN1)C(=O)Cc1ccccc1. The topological polar surface area (TPSA) is 41.6 Å². The second-order valence-corrected chi connectivity index (χ2v) is 4.66. The van der Waals surface area contributed by atoms with E-state index in [1.165, 1.54) is 0 Å². The number of ether oxygens (including phenoxy) is 1. The van der Waals surface area contributed by atoms with E-state index in [1.807, 2.05) is 37.4 Å². The summed E-state index contributed by atoms with van der Waals surface area (Å²) in [5.74, 6) is 0.147. The third kappa shape index (κ3) is 3.82. The number of carbonyl (C=O) groups excluding carboxylic acids is 1. The van der Waals surface area contributed by atoms with Gasteiger partial charge in [0.05, 0.1) is 19.6 Å². The Morgan fingerprint density at radius 2 is 2.22 bits per heavy atom. The number of hydrogen-bond donors (Lipinski definition) is 1. The fourth-order valence-electron chi connectivity index (χ4n) is 2.07. The molecule has 98 valence electrons. The minimum absolute atomic E-state index is 0.147. The van der Waals surface area contributed by atoms with Gasteiger partial charge < -0.3 is 15.0 Å². The average Bonchev–Trinajstić information content (AvgIpc) is 2.41. The summed E-state index contributed by atoms with van der Waals surface area (Å²) >= 11 is 0. The summed E-state index contributed by atoms with van der Waals surface area (Å²) < 4.78 is 5.38. The van der Waals surface area contributed by atoms with E-state index in [1.54, 1.807) is 4.90 Å². The molecule has 0 saturated carbocycles. The molecular formula is C14H20N2O2. The van der Waals surface area contributed by atoms with Crippen LogP contribution in [-0.4, -0.2) is 50.2 Å². The smallest absolute Gasteiger partial charge is 0.226 e. The van der Waals surface area contributed by atoms with Crippen molar-refractivity contribution >= 4 is 5.91 Å². The van der Waals surface area contributed by atoms with E-state index in [-0.39, 0.29) is 11.9 Å². The second-order valence-electron chi connectivity index (χ2n) is 4.66. The van der Waals surface area contributed by atoms with Crippen LogP contribution in [0.2, 0.25) is 0 Å². The van der Waals surface area contributed by atoms with Gasteiger partial charge in [-0.15, -0.1) is 0 Å². The lowest BCUT2D eigenvalue weighted by atomic mass is 10.1. The van der Waals surface area contributed by atoms with Gasteiger partial charge in [0.2, 0.25) is 5.91 Å². The fourth-order valence-corrected chi connectivity index (χ4v) is 2.07. The fraction of sp³-hybridized carbons (Fsp3) is 0.500. The Morgan fingerprint density at radius 3 is 2.89 bits per heavy atom. The van der Waals surface area contributed by atoms with E-state index in [0.717, 1.165) is 18.7 Å². The lowest BCUT2D eigenvalue weighted by Gasteiger charge is -2.28. The van der Waals surface area contributed by atoms with Gasteiger partial charge in [-0.05, 0) is 5.56 Å². The Kier molecular flexibility index (Phi) is 4.73. The van der Waals surface area contributed by atoms with Crippen molar-refractivity contribution in [3.63, 3.8) is 0 Å². The normalized spacial score (nSPS) is 19.5. The van der Waals surface area contributed by atoms with E-state index >= 15 is 0 Å². The van der Waals surface area contributed by atoms with Gasteiger partial charge in [0.1, 0.15) is 0 Å². The van der Waals surface area contributed by atoms with Crippen LogP contribution in [-0.2, 0) is 16.0 Å². The number of hydrogen-bond acceptors (Lipinski definition) is 3. The molecule has 4 nitrogen and oxygen atoms in total. The number of nitrogens with one attached hydrogen (secondary N) is 1. The van der Waals surface area contributed by atoms with Gasteiger partial charge in [0.15, 0.2) is 0 Å². The van der Waals surface area contributed by atoms with Gasteiger partial charge in [0, 0.05) is 26.2 Å². The number of nitrogens with zero attached hydrogens (tertiary/aromatic N) is 1. The molecule has 1 aromatic carbocycles. The summed E-state index contributed by atoms with van der Waals surface area (Å²) in [5.41, 5.74) is 1.06. The third-order valence-electron chi connectivity index (χ3n) is 3.12. The largest absolute Gasteiger partial charge is 0.378 e. The molecule has 2 rings (SSSR count). The van der Waals surface area contributed by atoms with Crippen molar-refractivity contribution < 1.29 is 9.53 Å². The maximum Gasteiger partial charge on any atom is 0.226 e. The minimum atomic E-state index is 0.147. The Labute approximate surface area is 108 Å². The molecule has 0 aliphatic carbocycles. The molecule has 18 heavy (non-hydrogen) atoms. The molecule has 0 aromatic heterocycles. The van der Waals surface area contributed by atoms with Gasteiger partial charge in [-0.2, -0.15) is 0 Å². The minimum Gasteiger partial charge on any atom is -0.378 e. The molecule has 0 spiro atoms. The van der Waals surface area contributed by atoms with Crippen molar-refractivity contribution in [1.82, 2.24) is 10.2 Å². The maximum atomic E-state index is 12.0. The quantitative estimate of drug-likeness (QED) is 0.852. The second kappa shape index (κ2) is 6.52. The first-order valence-corrected chi connectivity index (χ1v) is 6.35. The molecule has 0 bridgehead atoms. The molecule has 1 unspecified atom stereocenters.